The van der Waals surface area contributed by atoms with Crippen LogP contribution in [0.2, 0.25) is 5.02 Å². The normalized spacial score (nSPS) is 11.7. The second kappa shape index (κ2) is 9.55. The first-order chi connectivity index (χ1) is 13.9. The number of halogens is 1. The summed E-state index contributed by atoms with van der Waals surface area (Å²) in [6.45, 7) is 4.98. The summed E-state index contributed by atoms with van der Waals surface area (Å²) in [5, 5.41) is 3.01. The van der Waals surface area contributed by atoms with Crippen molar-refractivity contribution in [3.05, 3.63) is 41.4 Å². The molecule has 2 N–H and O–H groups in total. The number of amides is 1. The van der Waals surface area contributed by atoms with E-state index in [9.17, 15) is 13.2 Å². The number of ether oxygens (including phenoxy) is 3. The second-order valence-corrected chi connectivity index (χ2v) is 9.44. The molecule has 2 aromatic carbocycles. The first kappa shape index (κ1) is 23.8. The molecule has 0 saturated carbocycles. The summed E-state index contributed by atoms with van der Waals surface area (Å²) in [6, 6.07) is 8.86. The Kier molecular flexibility index (Phi) is 7.57. The lowest BCUT2D eigenvalue weighted by atomic mass is 10.1. The largest absolute Gasteiger partial charge is 0.495 e. The minimum atomic E-state index is -3.65. The van der Waals surface area contributed by atoms with Gasteiger partial charge in [-0.05, 0) is 45.0 Å². The maximum atomic E-state index is 12.3. The van der Waals surface area contributed by atoms with Crippen LogP contribution in [0.1, 0.15) is 20.8 Å². The lowest BCUT2D eigenvalue weighted by Crippen LogP contribution is -2.40. The Morgan fingerprint density at radius 2 is 1.63 bits per heavy atom. The van der Waals surface area contributed by atoms with Crippen molar-refractivity contribution in [1.82, 2.24) is 4.72 Å². The zero-order valence-electron chi connectivity index (χ0n) is 17.4. The highest BCUT2D eigenvalue weighted by atomic mass is 35.5. The molecular formula is C20H25ClN2O6S. The van der Waals surface area contributed by atoms with Crippen LogP contribution in [-0.2, 0) is 14.8 Å². The fraction of sp³-hybridized carbons (Fsp3) is 0.350. The highest BCUT2D eigenvalue weighted by molar-refractivity contribution is 7.89. The van der Waals surface area contributed by atoms with Gasteiger partial charge in [-0.2, -0.15) is 0 Å². The highest BCUT2D eigenvalue weighted by Crippen LogP contribution is 2.35. The van der Waals surface area contributed by atoms with Gasteiger partial charge in [-0.15, -0.1) is 0 Å². The number of hydrogen-bond donors (Lipinski definition) is 2. The number of anilines is 1. The number of rotatable bonds is 8. The molecule has 0 unspecified atom stereocenters. The minimum Gasteiger partial charge on any atom is -0.495 e. The molecule has 164 valence electrons. The van der Waals surface area contributed by atoms with E-state index in [0.29, 0.717) is 28.0 Å². The molecule has 0 saturated heterocycles. The van der Waals surface area contributed by atoms with Crippen molar-refractivity contribution < 1.29 is 27.4 Å². The van der Waals surface area contributed by atoms with E-state index in [-0.39, 0.29) is 11.5 Å². The number of carbonyl (C=O) groups excluding carboxylic acids is 1. The standard InChI is InChI=1S/C20H25ClN2O6S/c1-20(2,3)23-30(25,26)14-8-6-13(7-9-14)29-12-19(24)22-16-11-17(27-4)15(21)10-18(16)28-5/h6-11,23H,12H2,1-5H3,(H,22,24). The Bertz CT molecular complexity index is 1000. The maximum absolute atomic E-state index is 12.3. The molecule has 0 aliphatic rings. The number of hydrogen-bond acceptors (Lipinski definition) is 6. The van der Waals surface area contributed by atoms with Gasteiger partial charge in [0.2, 0.25) is 10.0 Å². The molecule has 0 aromatic heterocycles. The molecule has 0 heterocycles. The molecule has 0 aliphatic carbocycles. The van der Waals surface area contributed by atoms with Crippen molar-refractivity contribution >= 4 is 33.2 Å². The third-order valence-electron chi connectivity index (χ3n) is 3.69. The van der Waals surface area contributed by atoms with Crippen LogP contribution >= 0.6 is 11.6 Å². The maximum Gasteiger partial charge on any atom is 0.262 e. The summed E-state index contributed by atoms with van der Waals surface area (Å²) in [6.07, 6.45) is 0. The van der Waals surface area contributed by atoms with E-state index in [4.69, 9.17) is 25.8 Å². The molecule has 10 heteroatoms. The Morgan fingerprint density at radius 1 is 1.03 bits per heavy atom. The summed E-state index contributed by atoms with van der Waals surface area (Å²) < 4.78 is 43.0. The number of benzene rings is 2. The highest BCUT2D eigenvalue weighted by Gasteiger charge is 2.22. The van der Waals surface area contributed by atoms with Crippen LogP contribution in [0.3, 0.4) is 0 Å². The molecule has 8 nitrogen and oxygen atoms in total. The van der Waals surface area contributed by atoms with Crippen LogP contribution in [-0.4, -0.2) is 40.7 Å². The van der Waals surface area contributed by atoms with Crippen molar-refractivity contribution in [3.63, 3.8) is 0 Å². The molecule has 30 heavy (non-hydrogen) atoms. The minimum absolute atomic E-state index is 0.104. The van der Waals surface area contributed by atoms with E-state index in [2.05, 4.69) is 10.0 Å². The van der Waals surface area contributed by atoms with Crippen LogP contribution in [0.5, 0.6) is 17.2 Å². The summed E-state index contributed by atoms with van der Waals surface area (Å²) in [7, 11) is -0.732. The van der Waals surface area contributed by atoms with Gasteiger partial charge >= 0.3 is 0 Å². The third-order valence-corrected chi connectivity index (χ3v) is 5.76. The Hall–Kier alpha value is -2.49. The molecule has 0 atom stereocenters. The van der Waals surface area contributed by atoms with Crippen LogP contribution in [0.25, 0.3) is 0 Å². The van der Waals surface area contributed by atoms with Crippen molar-refractivity contribution in [2.45, 2.75) is 31.2 Å². The molecule has 2 aromatic rings. The molecule has 0 fully saturated rings. The lowest BCUT2D eigenvalue weighted by Gasteiger charge is -2.20. The molecule has 0 radical (unpaired) electrons. The summed E-state index contributed by atoms with van der Waals surface area (Å²) in [4.78, 5) is 12.4. The van der Waals surface area contributed by atoms with Gasteiger partial charge in [0.25, 0.3) is 5.91 Å². The van der Waals surface area contributed by atoms with Gasteiger partial charge in [-0.25, -0.2) is 13.1 Å². The molecule has 0 spiro atoms. The average molecular weight is 457 g/mol. The summed E-state index contributed by atoms with van der Waals surface area (Å²) in [5.74, 6) is 0.661. The lowest BCUT2D eigenvalue weighted by molar-refractivity contribution is -0.118. The van der Waals surface area contributed by atoms with Crippen LogP contribution in [0.4, 0.5) is 5.69 Å². The van der Waals surface area contributed by atoms with Crippen LogP contribution in [0.15, 0.2) is 41.3 Å². The number of sulfonamides is 1. The molecule has 2 rings (SSSR count). The Labute approximate surface area is 181 Å². The average Bonchev–Trinajstić information content (AvgIpc) is 2.66. The van der Waals surface area contributed by atoms with Gasteiger partial charge in [-0.3, -0.25) is 4.79 Å². The van der Waals surface area contributed by atoms with Gasteiger partial charge in [0.1, 0.15) is 17.2 Å². The van der Waals surface area contributed by atoms with Gasteiger partial charge in [0, 0.05) is 17.7 Å². The fourth-order valence-corrected chi connectivity index (χ4v) is 4.12. The predicted octanol–water partition coefficient (Wildman–Crippen LogP) is 3.45. The topological polar surface area (TPSA) is 103 Å². The molecular weight excluding hydrogens is 432 g/mol. The van der Waals surface area contributed by atoms with E-state index < -0.39 is 21.5 Å². The van der Waals surface area contributed by atoms with Crippen molar-refractivity contribution in [2.75, 3.05) is 26.1 Å². The quantitative estimate of drug-likeness (QED) is 0.630. The predicted molar refractivity (Wildman–Crippen MR) is 115 cm³/mol. The van der Waals surface area contributed by atoms with Gasteiger partial charge < -0.3 is 19.5 Å². The SMILES string of the molecule is COc1cc(NC(=O)COc2ccc(S(=O)(=O)NC(C)(C)C)cc2)c(OC)cc1Cl. The van der Waals surface area contributed by atoms with Crippen molar-refractivity contribution in [1.29, 1.82) is 0 Å². The monoisotopic (exact) mass is 456 g/mol. The van der Waals surface area contributed by atoms with E-state index in [0.717, 1.165) is 0 Å². The summed E-state index contributed by atoms with van der Waals surface area (Å²) in [5.41, 5.74) is -0.223. The zero-order valence-corrected chi connectivity index (χ0v) is 19.0. The number of nitrogens with one attached hydrogen (secondary N) is 2. The smallest absolute Gasteiger partial charge is 0.262 e. The number of carbonyl (C=O) groups is 1. The molecule has 1 amide bonds. The van der Waals surface area contributed by atoms with Gasteiger partial charge in [0.15, 0.2) is 6.61 Å². The third kappa shape index (κ3) is 6.51. The molecule has 0 bridgehead atoms. The van der Waals surface area contributed by atoms with E-state index in [1.165, 1.54) is 44.6 Å². The number of methoxy groups -OCH3 is 2. The second-order valence-electron chi connectivity index (χ2n) is 7.35. The first-order valence-corrected chi connectivity index (χ1v) is 10.8. The molecule has 0 aliphatic heterocycles. The van der Waals surface area contributed by atoms with E-state index in [1.54, 1.807) is 26.8 Å². The summed E-state index contributed by atoms with van der Waals surface area (Å²) >= 11 is 6.05. The fourth-order valence-electron chi connectivity index (χ4n) is 2.47. The Morgan fingerprint density at radius 3 is 2.17 bits per heavy atom. The van der Waals surface area contributed by atoms with Crippen molar-refractivity contribution in [2.24, 2.45) is 0 Å². The van der Waals surface area contributed by atoms with Gasteiger partial charge in [0.05, 0.1) is 29.8 Å². The Balaban J connectivity index is 2.02. The van der Waals surface area contributed by atoms with E-state index in [1.807, 2.05) is 0 Å². The van der Waals surface area contributed by atoms with Crippen LogP contribution in [0, 0.1) is 0 Å². The van der Waals surface area contributed by atoms with Gasteiger partial charge in [-0.1, -0.05) is 11.6 Å². The first-order valence-electron chi connectivity index (χ1n) is 8.93. The van der Waals surface area contributed by atoms with Crippen LogP contribution < -0.4 is 24.2 Å². The zero-order chi connectivity index (χ0) is 22.5. The van der Waals surface area contributed by atoms with Crippen molar-refractivity contribution in [3.8, 4) is 17.2 Å². The van der Waals surface area contributed by atoms with E-state index >= 15 is 0 Å².